The van der Waals surface area contributed by atoms with Crippen LogP contribution in [0.1, 0.15) is 10.4 Å². The van der Waals surface area contributed by atoms with E-state index in [4.69, 9.17) is 22.1 Å². The van der Waals surface area contributed by atoms with Crippen LogP contribution in [0.3, 0.4) is 0 Å². The molecule has 2 N–H and O–H groups in total. The van der Waals surface area contributed by atoms with E-state index in [9.17, 15) is 9.18 Å². The Hall–Kier alpha value is -1.17. The van der Waals surface area contributed by atoms with Crippen molar-refractivity contribution in [1.82, 2.24) is 4.90 Å². The Bertz CT molecular complexity index is 456. The number of amides is 1. The number of nitrogens with zero attached hydrogens (tertiary/aromatic N) is 1. The summed E-state index contributed by atoms with van der Waals surface area (Å²) >= 11 is 5.80. The van der Waals surface area contributed by atoms with Gasteiger partial charge < -0.3 is 15.4 Å². The van der Waals surface area contributed by atoms with Crippen molar-refractivity contribution in [2.75, 3.05) is 26.2 Å². The maximum Gasteiger partial charge on any atom is 0.255 e. The van der Waals surface area contributed by atoms with Gasteiger partial charge in [-0.3, -0.25) is 4.79 Å². The van der Waals surface area contributed by atoms with E-state index in [-0.39, 0.29) is 22.6 Å². The SMILES string of the molecule is NCC1CN(C(=O)c2cccc(F)c2Cl)CCO1. The van der Waals surface area contributed by atoms with Gasteiger partial charge in [0.25, 0.3) is 5.91 Å². The standard InChI is InChI=1S/C12H14ClFN2O2/c13-11-9(2-1-3-10(11)14)12(17)16-4-5-18-8(6-15)7-16/h1-3,8H,4-7,15H2. The number of nitrogens with two attached hydrogens (primary N) is 1. The van der Waals surface area contributed by atoms with E-state index >= 15 is 0 Å². The highest BCUT2D eigenvalue weighted by Gasteiger charge is 2.26. The summed E-state index contributed by atoms with van der Waals surface area (Å²) in [7, 11) is 0. The first-order valence-electron chi connectivity index (χ1n) is 5.68. The van der Waals surface area contributed by atoms with Gasteiger partial charge in [0.2, 0.25) is 0 Å². The first-order valence-corrected chi connectivity index (χ1v) is 6.06. The van der Waals surface area contributed by atoms with Crippen LogP contribution in [0.25, 0.3) is 0 Å². The molecular weight excluding hydrogens is 259 g/mol. The Morgan fingerprint density at radius 1 is 1.61 bits per heavy atom. The number of ether oxygens (including phenoxy) is 1. The molecule has 1 aliphatic heterocycles. The predicted molar refractivity (Wildman–Crippen MR) is 66.1 cm³/mol. The van der Waals surface area contributed by atoms with Crippen molar-refractivity contribution >= 4 is 17.5 Å². The molecule has 4 nitrogen and oxygen atoms in total. The normalized spacial score (nSPS) is 19.9. The van der Waals surface area contributed by atoms with Gasteiger partial charge in [0.1, 0.15) is 5.82 Å². The fourth-order valence-electron chi connectivity index (χ4n) is 1.89. The van der Waals surface area contributed by atoms with Crippen molar-refractivity contribution in [3.8, 4) is 0 Å². The summed E-state index contributed by atoms with van der Waals surface area (Å²) in [5.74, 6) is -0.882. The quantitative estimate of drug-likeness (QED) is 0.882. The van der Waals surface area contributed by atoms with Crippen molar-refractivity contribution < 1.29 is 13.9 Å². The molecule has 0 saturated carbocycles. The number of morpholine rings is 1. The highest BCUT2D eigenvalue weighted by molar-refractivity contribution is 6.34. The molecule has 1 saturated heterocycles. The van der Waals surface area contributed by atoms with Crippen molar-refractivity contribution in [2.45, 2.75) is 6.10 Å². The predicted octanol–water partition coefficient (Wildman–Crippen LogP) is 1.28. The number of benzene rings is 1. The molecule has 0 aromatic heterocycles. The third-order valence-corrected chi connectivity index (χ3v) is 3.26. The minimum Gasteiger partial charge on any atom is -0.373 e. The molecule has 1 aliphatic rings. The van der Waals surface area contributed by atoms with E-state index in [1.807, 2.05) is 0 Å². The molecule has 98 valence electrons. The molecule has 1 amide bonds. The lowest BCUT2D eigenvalue weighted by Gasteiger charge is -2.32. The Balaban J connectivity index is 2.18. The average molecular weight is 273 g/mol. The summed E-state index contributed by atoms with van der Waals surface area (Å²) in [5.41, 5.74) is 5.68. The molecule has 2 rings (SSSR count). The van der Waals surface area contributed by atoms with Crippen LogP contribution in [0.4, 0.5) is 4.39 Å². The molecule has 1 atom stereocenters. The fraction of sp³-hybridized carbons (Fsp3) is 0.417. The average Bonchev–Trinajstić information content (AvgIpc) is 2.41. The minimum atomic E-state index is -0.592. The molecule has 18 heavy (non-hydrogen) atoms. The van der Waals surface area contributed by atoms with Gasteiger partial charge in [-0.1, -0.05) is 17.7 Å². The molecule has 0 aliphatic carbocycles. The second-order valence-electron chi connectivity index (χ2n) is 4.08. The van der Waals surface area contributed by atoms with Gasteiger partial charge in [-0.25, -0.2) is 4.39 Å². The zero-order chi connectivity index (χ0) is 13.1. The van der Waals surface area contributed by atoms with Gasteiger partial charge in [0.15, 0.2) is 0 Å². The van der Waals surface area contributed by atoms with Gasteiger partial charge in [0, 0.05) is 19.6 Å². The summed E-state index contributed by atoms with van der Waals surface area (Å²) in [6.07, 6.45) is -0.171. The van der Waals surface area contributed by atoms with Crippen LogP contribution in [0, 0.1) is 5.82 Å². The molecule has 1 heterocycles. The number of carbonyl (C=O) groups is 1. The van der Waals surface area contributed by atoms with Gasteiger partial charge >= 0.3 is 0 Å². The Morgan fingerprint density at radius 3 is 3.11 bits per heavy atom. The van der Waals surface area contributed by atoms with Crippen molar-refractivity contribution in [1.29, 1.82) is 0 Å². The van der Waals surface area contributed by atoms with E-state index in [1.165, 1.54) is 18.2 Å². The maximum atomic E-state index is 13.3. The molecule has 6 heteroatoms. The lowest BCUT2D eigenvalue weighted by Crippen LogP contribution is -2.48. The zero-order valence-corrected chi connectivity index (χ0v) is 10.5. The van der Waals surface area contributed by atoms with Crippen LogP contribution in [-0.4, -0.2) is 43.2 Å². The van der Waals surface area contributed by atoms with Gasteiger partial charge in [-0.2, -0.15) is 0 Å². The highest BCUT2D eigenvalue weighted by atomic mass is 35.5. The zero-order valence-electron chi connectivity index (χ0n) is 9.73. The van der Waals surface area contributed by atoms with Gasteiger partial charge in [0.05, 0.1) is 23.3 Å². The van der Waals surface area contributed by atoms with Gasteiger partial charge in [-0.05, 0) is 12.1 Å². The topological polar surface area (TPSA) is 55.6 Å². The number of hydrogen-bond acceptors (Lipinski definition) is 3. The van der Waals surface area contributed by atoms with Crippen molar-refractivity contribution in [3.05, 3.63) is 34.6 Å². The Morgan fingerprint density at radius 2 is 2.39 bits per heavy atom. The second-order valence-corrected chi connectivity index (χ2v) is 4.46. The van der Waals surface area contributed by atoms with Crippen LogP contribution < -0.4 is 5.73 Å². The first kappa shape index (κ1) is 13.3. The number of halogens is 2. The molecule has 1 aromatic rings. The monoisotopic (exact) mass is 272 g/mol. The van der Waals surface area contributed by atoms with Crippen LogP contribution in [0.2, 0.25) is 5.02 Å². The van der Waals surface area contributed by atoms with E-state index in [0.717, 1.165) is 0 Å². The third kappa shape index (κ3) is 2.63. The Labute approximate surface area is 109 Å². The number of carbonyl (C=O) groups excluding carboxylic acids is 1. The lowest BCUT2D eigenvalue weighted by molar-refractivity contribution is -0.0167. The Kier molecular flexibility index (Phi) is 4.16. The molecule has 1 aromatic carbocycles. The summed E-state index contributed by atoms with van der Waals surface area (Å²) in [5, 5.41) is -0.140. The minimum absolute atomic E-state index is 0.140. The summed E-state index contributed by atoms with van der Waals surface area (Å²) in [4.78, 5) is 13.8. The molecule has 1 fully saturated rings. The smallest absolute Gasteiger partial charge is 0.255 e. The summed E-state index contributed by atoms with van der Waals surface area (Å²) in [6, 6.07) is 4.21. The van der Waals surface area contributed by atoms with Crippen LogP contribution in [0.15, 0.2) is 18.2 Å². The van der Waals surface area contributed by atoms with E-state index < -0.39 is 5.82 Å². The van der Waals surface area contributed by atoms with Gasteiger partial charge in [-0.15, -0.1) is 0 Å². The van der Waals surface area contributed by atoms with Crippen LogP contribution >= 0.6 is 11.6 Å². The molecular formula is C12H14ClFN2O2. The van der Waals surface area contributed by atoms with Crippen LogP contribution in [-0.2, 0) is 4.74 Å². The molecule has 0 radical (unpaired) electrons. The lowest BCUT2D eigenvalue weighted by atomic mass is 10.1. The van der Waals surface area contributed by atoms with Crippen molar-refractivity contribution in [3.63, 3.8) is 0 Å². The largest absolute Gasteiger partial charge is 0.373 e. The number of rotatable bonds is 2. The maximum absolute atomic E-state index is 13.3. The molecule has 1 unspecified atom stereocenters. The van der Waals surface area contributed by atoms with E-state index in [0.29, 0.717) is 26.2 Å². The second kappa shape index (κ2) is 5.65. The third-order valence-electron chi connectivity index (χ3n) is 2.87. The number of hydrogen-bond donors (Lipinski definition) is 1. The molecule has 0 bridgehead atoms. The highest BCUT2D eigenvalue weighted by Crippen LogP contribution is 2.22. The van der Waals surface area contributed by atoms with E-state index in [2.05, 4.69) is 0 Å². The van der Waals surface area contributed by atoms with Crippen molar-refractivity contribution in [2.24, 2.45) is 5.73 Å². The van der Waals surface area contributed by atoms with E-state index in [1.54, 1.807) is 4.90 Å². The molecule has 0 spiro atoms. The fourth-order valence-corrected chi connectivity index (χ4v) is 2.09. The summed E-state index contributed by atoms with van der Waals surface area (Å²) in [6.45, 7) is 1.64. The summed E-state index contributed by atoms with van der Waals surface area (Å²) < 4.78 is 18.7. The first-order chi connectivity index (χ1) is 8.63. The van der Waals surface area contributed by atoms with Crippen LogP contribution in [0.5, 0.6) is 0 Å².